The highest BCUT2D eigenvalue weighted by Crippen LogP contribution is 2.73. The van der Waals surface area contributed by atoms with Crippen molar-refractivity contribution in [1.29, 1.82) is 0 Å². The van der Waals surface area contributed by atoms with Gasteiger partial charge in [-0.05, 0) is 48.2 Å². The van der Waals surface area contributed by atoms with Crippen LogP contribution in [0.25, 0.3) is 0 Å². The van der Waals surface area contributed by atoms with E-state index in [0.717, 1.165) is 0 Å². The normalized spacial score (nSPS) is 25.7. The van der Waals surface area contributed by atoms with E-state index in [2.05, 4.69) is 178 Å². The SMILES string of the molecule is CC(C)[C@@H]1N(C)P2(=NC1(c1ccccc1)c1ccccc1)N[C@@H](C(C)C)C(c1ccccc1)(c1ccccc1)N2C. The minimum Gasteiger partial charge on any atom is -0.253 e. The Balaban J connectivity index is 1.72. The lowest BCUT2D eigenvalue weighted by Gasteiger charge is -2.44. The van der Waals surface area contributed by atoms with Crippen LogP contribution < -0.4 is 5.09 Å². The van der Waals surface area contributed by atoms with Crippen molar-refractivity contribution in [2.75, 3.05) is 14.1 Å². The van der Waals surface area contributed by atoms with Crippen LogP contribution in [0, 0.1) is 11.8 Å². The molecule has 0 aromatic heterocycles. The number of hydrogen-bond acceptors (Lipinski definition) is 4. The summed E-state index contributed by atoms with van der Waals surface area (Å²) in [6.45, 7) is 9.42. The molecule has 2 aliphatic heterocycles. The maximum absolute atomic E-state index is 6.19. The molecule has 0 amide bonds. The molecule has 4 nitrogen and oxygen atoms in total. The Bertz CT molecular complexity index is 1440. The number of benzene rings is 4. The van der Waals surface area contributed by atoms with Crippen molar-refractivity contribution in [3.8, 4) is 0 Å². The van der Waals surface area contributed by atoms with Crippen molar-refractivity contribution in [2.45, 2.75) is 50.9 Å². The summed E-state index contributed by atoms with van der Waals surface area (Å²) >= 11 is 0. The zero-order valence-corrected chi connectivity index (χ0v) is 26.0. The molecule has 1 fully saturated rings. The smallest absolute Gasteiger partial charge is 0.167 e. The van der Waals surface area contributed by atoms with Gasteiger partial charge < -0.3 is 0 Å². The summed E-state index contributed by atoms with van der Waals surface area (Å²) in [5.41, 5.74) is 4.19. The van der Waals surface area contributed by atoms with Gasteiger partial charge in [-0.3, -0.25) is 5.09 Å². The number of rotatable bonds is 6. The van der Waals surface area contributed by atoms with Crippen molar-refractivity contribution in [1.82, 2.24) is 14.4 Å². The van der Waals surface area contributed by atoms with Gasteiger partial charge in [0.15, 0.2) is 7.51 Å². The van der Waals surface area contributed by atoms with Gasteiger partial charge in [0, 0.05) is 6.04 Å². The molecule has 1 unspecified atom stereocenters. The van der Waals surface area contributed by atoms with E-state index in [9.17, 15) is 0 Å². The lowest BCUT2D eigenvalue weighted by molar-refractivity contribution is 0.208. The van der Waals surface area contributed by atoms with Crippen LogP contribution in [-0.4, -0.2) is 35.5 Å². The average molecular weight is 563 g/mol. The van der Waals surface area contributed by atoms with Gasteiger partial charge in [-0.15, -0.1) is 0 Å². The van der Waals surface area contributed by atoms with Crippen LogP contribution in [0.15, 0.2) is 126 Å². The van der Waals surface area contributed by atoms with E-state index in [-0.39, 0.29) is 12.1 Å². The highest BCUT2D eigenvalue weighted by atomic mass is 31.2. The second kappa shape index (κ2) is 10.7. The first-order valence-corrected chi connectivity index (χ1v) is 16.6. The van der Waals surface area contributed by atoms with Crippen molar-refractivity contribution < 1.29 is 0 Å². The first-order chi connectivity index (χ1) is 19.8. The van der Waals surface area contributed by atoms with Crippen LogP contribution >= 0.6 is 7.51 Å². The number of nitrogens with zero attached hydrogens (tertiary/aromatic N) is 3. The molecule has 212 valence electrons. The third-order valence-electron chi connectivity index (χ3n) is 9.41. The molecule has 0 aliphatic carbocycles. The standard InChI is InChI=1S/C36H43N4P/c1-27(2)33-36(31-23-15-9-16-24-31,32-25-17-10-18-26-32)40(6)41(37-33)38-35(29-19-11-7-12-20-29,30-21-13-8-14-22-30)34(28(3)4)39(41)5/h7-28,33-34,37H,1-6H3/t33-,34-,41?/m0/s1. The Morgan fingerprint density at radius 2 is 1.00 bits per heavy atom. The maximum Gasteiger partial charge on any atom is 0.167 e. The molecule has 1 saturated heterocycles. The predicted octanol–water partition coefficient (Wildman–Crippen LogP) is 8.35. The van der Waals surface area contributed by atoms with Crippen LogP contribution in [0.2, 0.25) is 0 Å². The molecule has 41 heavy (non-hydrogen) atoms. The molecule has 2 heterocycles. The molecule has 6 rings (SSSR count). The van der Waals surface area contributed by atoms with Gasteiger partial charge in [0.2, 0.25) is 0 Å². The van der Waals surface area contributed by atoms with Crippen LogP contribution in [0.1, 0.15) is 49.9 Å². The molecule has 1 spiro atoms. The molecular formula is C36H43N4P. The molecular weight excluding hydrogens is 519 g/mol. The minimum atomic E-state index is -2.46. The fourth-order valence-electron chi connectivity index (χ4n) is 7.82. The quantitative estimate of drug-likeness (QED) is 0.240. The summed E-state index contributed by atoms with van der Waals surface area (Å²) in [6.07, 6.45) is 0. The van der Waals surface area contributed by atoms with Gasteiger partial charge in [-0.25, -0.2) is 14.1 Å². The fraction of sp³-hybridized carbons (Fsp3) is 0.333. The molecule has 4 aromatic rings. The van der Waals surface area contributed by atoms with Gasteiger partial charge in [0.05, 0.1) is 11.6 Å². The summed E-state index contributed by atoms with van der Waals surface area (Å²) < 4.78 is 11.5. The first kappa shape index (κ1) is 28.1. The monoisotopic (exact) mass is 562 g/mol. The molecule has 0 bridgehead atoms. The summed E-state index contributed by atoms with van der Waals surface area (Å²) in [7, 11) is 2.19. The Morgan fingerprint density at radius 3 is 1.37 bits per heavy atom. The van der Waals surface area contributed by atoms with E-state index < -0.39 is 18.6 Å². The lowest BCUT2D eigenvalue weighted by atomic mass is 9.73. The van der Waals surface area contributed by atoms with E-state index in [4.69, 9.17) is 4.74 Å². The van der Waals surface area contributed by atoms with Crippen molar-refractivity contribution in [2.24, 2.45) is 16.6 Å². The van der Waals surface area contributed by atoms with Gasteiger partial charge >= 0.3 is 0 Å². The molecule has 2 aliphatic rings. The topological polar surface area (TPSA) is 30.9 Å². The molecule has 1 N–H and O–H groups in total. The maximum atomic E-state index is 6.19. The Labute approximate surface area is 246 Å². The molecule has 0 saturated carbocycles. The largest absolute Gasteiger partial charge is 0.253 e. The Kier molecular flexibility index (Phi) is 7.32. The van der Waals surface area contributed by atoms with Crippen LogP contribution in [0.5, 0.6) is 0 Å². The van der Waals surface area contributed by atoms with Gasteiger partial charge in [-0.2, -0.15) is 0 Å². The zero-order valence-electron chi connectivity index (χ0n) is 25.1. The molecule has 4 aromatic carbocycles. The summed E-state index contributed by atoms with van der Waals surface area (Å²) in [6, 6.07) is 44.5. The van der Waals surface area contributed by atoms with Crippen LogP contribution in [0.4, 0.5) is 0 Å². The fourth-order valence-corrected chi connectivity index (χ4v) is 12.2. The van der Waals surface area contributed by atoms with E-state index in [1.54, 1.807) is 0 Å². The lowest BCUT2D eigenvalue weighted by Crippen LogP contribution is -2.50. The van der Waals surface area contributed by atoms with Crippen molar-refractivity contribution >= 4 is 7.51 Å². The van der Waals surface area contributed by atoms with Crippen LogP contribution in [0.3, 0.4) is 0 Å². The average Bonchev–Trinajstić information content (AvgIpc) is 3.44. The van der Waals surface area contributed by atoms with Gasteiger partial charge in [0.25, 0.3) is 0 Å². The number of hydrogen-bond donors (Lipinski definition) is 1. The van der Waals surface area contributed by atoms with Gasteiger partial charge in [-0.1, -0.05) is 149 Å². The third kappa shape index (κ3) is 4.03. The van der Waals surface area contributed by atoms with Crippen molar-refractivity contribution in [3.05, 3.63) is 144 Å². The molecule has 5 heteroatoms. The third-order valence-corrected chi connectivity index (χ3v) is 12.9. The van der Waals surface area contributed by atoms with E-state index in [1.807, 2.05) is 0 Å². The predicted molar refractivity (Wildman–Crippen MR) is 173 cm³/mol. The van der Waals surface area contributed by atoms with Crippen LogP contribution in [-0.2, 0) is 11.1 Å². The second-order valence-corrected chi connectivity index (χ2v) is 15.1. The number of likely N-dealkylation sites (N-methyl/N-ethyl adjacent to an activating group) is 2. The summed E-state index contributed by atoms with van der Waals surface area (Å²) in [5.74, 6) is 0.724. The van der Waals surface area contributed by atoms with Gasteiger partial charge in [0.1, 0.15) is 5.54 Å². The molecule has 0 radical (unpaired) electrons. The van der Waals surface area contributed by atoms with E-state index in [1.165, 1.54) is 22.3 Å². The molecule has 3 atom stereocenters. The zero-order chi connectivity index (χ0) is 28.8. The Morgan fingerprint density at radius 1 is 0.610 bits per heavy atom. The number of nitrogens with one attached hydrogen (secondary N) is 1. The summed E-state index contributed by atoms with van der Waals surface area (Å²) in [4.78, 5) is 0. The van der Waals surface area contributed by atoms with E-state index in [0.29, 0.717) is 11.8 Å². The van der Waals surface area contributed by atoms with E-state index >= 15 is 0 Å². The second-order valence-electron chi connectivity index (χ2n) is 12.3. The highest BCUT2D eigenvalue weighted by Gasteiger charge is 2.66. The summed E-state index contributed by atoms with van der Waals surface area (Å²) in [5, 5.41) is 4.33. The first-order valence-electron chi connectivity index (χ1n) is 14.9. The highest BCUT2D eigenvalue weighted by molar-refractivity contribution is 7.60. The Hall–Kier alpha value is -3.01. The minimum absolute atomic E-state index is 0.145. The van der Waals surface area contributed by atoms with Crippen molar-refractivity contribution in [3.63, 3.8) is 0 Å².